The molecule has 2 aliphatic heterocycles. The van der Waals surface area contributed by atoms with E-state index in [0.717, 1.165) is 45.8 Å². The molecule has 4 rings (SSSR count). The average molecular weight is 377 g/mol. The Morgan fingerprint density at radius 2 is 2.16 bits per heavy atom. The predicted molar refractivity (Wildman–Crippen MR) is 96.5 cm³/mol. The number of nitrogens with zero attached hydrogens (tertiary/aromatic N) is 3. The van der Waals surface area contributed by atoms with Crippen molar-refractivity contribution in [2.24, 2.45) is 0 Å². The summed E-state index contributed by atoms with van der Waals surface area (Å²) in [4.78, 5) is 14.7. The van der Waals surface area contributed by atoms with Crippen LogP contribution in [-0.4, -0.2) is 46.5 Å². The lowest BCUT2D eigenvalue weighted by atomic mass is 10.0. The van der Waals surface area contributed by atoms with Crippen molar-refractivity contribution in [3.63, 3.8) is 0 Å². The first kappa shape index (κ1) is 16.7. The first-order chi connectivity index (χ1) is 12.2. The van der Waals surface area contributed by atoms with Gasteiger partial charge >= 0.3 is 0 Å². The first-order valence-corrected chi connectivity index (χ1v) is 10.1. The molecule has 25 heavy (non-hydrogen) atoms. The molecule has 0 saturated carbocycles. The summed E-state index contributed by atoms with van der Waals surface area (Å²) in [6.45, 7) is 3.87. The van der Waals surface area contributed by atoms with Crippen molar-refractivity contribution < 1.29 is 14.3 Å². The van der Waals surface area contributed by atoms with Gasteiger partial charge in [-0.2, -0.15) is 0 Å². The highest BCUT2D eigenvalue weighted by Crippen LogP contribution is 2.38. The van der Waals surface area contributed by atoms with Crippen LogP contribution in [0.5, 0.6) is 11.5 Å². The summed E-state index contributed by atoms with van der Waals surface area (Å²) in [5, 5.41) is 8.98. The van der Waals surface area contributed by atoms with Crippen LogP contribution in [0.2, 0.25) is 0 Å². The molecule has 0 unspecified atom stereocenters. The number of fused-ring (bicyclic) bond motifs is 1. The molecule has 2 aliphatic rings. The van der Waals surface area contributed by atoms with Gasteiger partial charge in [-0.05, 0) is 37.5 Å². The van der Waals surface area contributed by atoms with Gasteiger partial charge in [0.1, 0.15) is 18.2 Å². The zero-order valence-corrected chi connectivity index (χ0v) is 15.6. The molecule has 0 bridgehead atoms. The number of thioether (sulfide) groups is 1. The Morgan fingerprint density at radius 1 is 1.32 bits per heavy atom. The van der Waals surface area contributed by atoms with Gasteiger partial charge in [0.15, 0.2) is 15.8 Å². The molecule has 0 radical (unpaired) electrons. The van der Waals surface area contributed by atoms with Gasteiger partial charge < -0.3 is 14.4 Å². The monoisotopic (exact) mass is 377 g/mol. The lowest BCUT2D eigenvalue weighted by Gasteiger charge is -2.26. The van der Waals surface area contributed by atoms with Crippen LogP contribution in [0.15, 0.2) is 22.5 Å². The van der Waals surface area contributed by atoms with Crippen LogP contribution < -0.4 is 9.47 Å². The quantitative estimate of drug-likeness (QED) is 0.763. The fraction of sp³-hybridized carbons (Fsp3) is 0.471. The van der Waals surface area contributed by atoms with Crippen LogP contribution in [0, 0.1) is 6.92 Å². The minimum atomic E-state index is 0.111. The van der Waals surface area contributed by atoms with Gasteiger partial charge in [-0.1, -0.05) is 29.2 Å². The number of hydrogen-bond donors (Lipinski definition) is 0. The number of benzene rings is 1. The molecular weight excluding hydrogens is 358 g/mol. The maximum atomic E-state index is 12.7. The number of carbonyl (C=O) groups is 1. The number of hydrogen-bond acceptors (Lipinski definition) is 7. The largest absolute Gasteiger partial charge is 0.486 e. The molecule has 6 nitrogen and oxygen atoms in total. The minimum absolute atomic E-state index is 0.111. The molecule has 2 aromatic rings. The third-order valence-corrected chi connectivity index (χ3v) is 6.31. The van der Waals surface area contributed by atoms with E-state index < -0.39 is 0 Å². The smallest absolute Gasteiger partial charge is 0.233 e. The number of carbonyl (C=O) groups excluding carboxylic acids is 1. The van der Waals surface area contributed by atoms with Gasteiger partial charge in [-0.3, -0.25) is 4.79 Å². The molecule has 0 spiro atoms. The van der Waals surface area contributed by atoms with Crippen molar-refractivity contribution >= 4 is 29.0 Å². The van der Waals surface area contributed by atoms with Crippen molar-refractivity contribution in [1.82, 2.24) is 15.1 Å². The van der Waals surface area contributed by atoms with Crippen molar-refractivity contribution in [3.05, 3.63) is 28.8 Å². The Hall–Kier alpha value is -1.80. The molecular formula is C17H19N3O3S2. The van der Waals surface area contributed by atoms with E-state index in [2.05, 4.69) is 10.2 Å². The number of rotatable bonds is 4. The zero-order valence-electron chi connectivity index (χ0n) is 13.9. The van der Waals surface area contributed by atoms with Gasteiger partial charge in [-0.15, -0.1) is 10.2 Å². The van der Waals surface area contributed by atoms with Gasteiger partial charge in [0.05, 0.1) is 11.8 Å². The first-order valence-electron chi connectivity index (χ1n) is 8.32. The molecule has 132 valence electrons. The lowest BCUT2D eigenvalue weighted by molar-refractivity contribution is -0.129. The van der Waals surface area contributed by atoms with Gasteiger partial charge in [0, 0.05) is 6.54 Å². The lowest BCUT2D eigenvalue weighted by Crippen LogP contribution is -2.32. The second kappa shape index (κ2) is 7.21. The van der Waals surface area contributed by atoms with Crippen molar-refractivity contribution in [3.8, 4) is 11.5 Å². The SMILES string of the molecule is Cc1nnc(SCC(=O)N2CCC[C@H]2c2ccc3c(c2)OCCO3)s1. The zero-order chi connectivity index (χ0) is 17.2. The summed E-state index contributed by atoms with van der Waals surface area (Å²) in [5.41, 5.74) is 1.12. The standard InChI is InChI=1S/C17H19N3O3S2/c1-11-18-19-17(25-11)24-10-16(21)20-6-2-3-13(20)12-4-5-14-15(9-12)23-8-7-22-14/h4-5,9,13H,2-3,6-8,10H2,1H3/t13-/m0/s1. The van der Waals surface area contributed by atoms with E-state index in [-0.39, 0.29) is 11.9 Å². The van der Waals surface area contributed by atoms with Crippen LogP contribution in [0.25, 0.3) is 0 Å². The van der Waals surface area contributed by atoms with Crippen LogP contribution in [-0.2, 0) is 4.79 Å². The van der Waals surface area contributed by atoms with Crippen molar-refractivity contribution in [2.45, 2.75) is 30.1 Å². The Kier molecular flexibility index (Phi) is 4.80. The Labute approximate surface area is 154 Å². The summed E-state index contributed by atoms with van der Waals surface area (Å²) in [6.07, 6.45) is 2.00. The Morgan fingerprint density at radius 3 is 2.96 bits per heavy atom. The maximum absolute atomic E-state index is 12.7. The third kappa shape index (κ3) is 3.59. The van der Waals surface area contributed by atoms with E-state index in [1.165, 1.54) is 23.1 Å². The van der Waals surface area contributed by atoms with Crippen LogP contribution in [0.4, 0.5) is 0 Å². The molecule has 0 N–H and O–H groups in total. The highest BCUT2D eigenvalue weighted by Gasteiger charge is 2.30. The second-order valence-electron chi connectivity index (χ2n) is 6.02. The van der Waals surface area contributed by atoms with E-state index in [4.69, 9.17) is 9.47 Å². The molecule has 1 fully saturated rings. The maximum Gasteiger partial charge on any atom is 0.233 e. The van der Waals surface area contributed by atoms with Gasteiger partial charge in [-0.25, -0.2) is 0 Å². The average Bonchev–Trinajstić information content (AvgIpc) is 3.28. The Balaban J connectivity index is 1.45. The highest BCUT2D eigenvalue weighted by molar-refractivity contribution is 8.01. The molecule has 1 aromatic heterocycles. The highest BCUT2D eigenvalue weighted by atomic mass is 32.2. The number of ether oxygens (including phenoxy) is 2. The van der Waals surface area contributed by atoms with Crippen molar-refractivity contribution in [2.75, 3.05) is 25.5 Å². The second-order valence-corrected chi connectivity index (χ2v) is 8.43. The topological polar surface area (TPSA) is 64.6 Å². The number of aryl methyl sites for hydroxylation is 1. The fourth-order valence-electron chi connectivity index (χ4n) is 3.22. The van der Waals surface area contributed by atoms with E-state index in [1.807, 2.05) is 30.0 Å². The van der Waals surface area contributed by atoms with E-state index >= 15 is 0 Å². The van der Waals surface area contributed by atoms with Crippen molar-refractivity contribution in [1.29, 1.82) is 0 Å². The molecule has 3 heterocycles. The summed E-state index contributed by atoms with van der Waals surface area (Å²) >= 11 is 2.99. The van der Waals surface area contributed by atoms with Gasteiger partial charge in [0.2, 0.25) is 5.91 Å². The van der Waals surface area contributed by atoms with Gasteiger partial charge in [0.25, 0.3) is 0 Å². The normalized spacial score (nSPS) is 19.2. The molecule has 1 saturated heterocycles. The van der Waals surface area contributed by atoms with E-state index in [0.29, 0.717) is 19.0 Å². The summed E-state index contributed by atoms with van der Waals surface area (Å²) < 4.78 is 12.1. The molecule has 1 aromatic carbocycles. The number of aromatic nitrogens is 2. The van der Waals surface area contributed by atoms with E-state index in [1.54, 1.807) is 0 Å². The summed E-state index contributed by atoms with van der Waals surface area (Å²) in [6, 6.07) is 6.13. The molecule has 1 atom stereocenters. The molecule has 0 aliphatic carbocycles. The molecule has 1 amide bonds. The van der Waals surface area contributed by atoms with Crippen LogP contribution in [0.1, 0.15) is 29.5 Å². The van der Waals surface area contributed by atoms with Crippen LogP contribution in [0.3, 0.4) is 0 Å². The molecule has 8 heteroatoms. The summed E-state index contributed by atoms with van der Waals surface area (Å²) in [7, 11) is 0. The third-order valence-electron chi connectivity index (χ3n) is 4.35. The number of amides is 1. The minimum Gasteiger partial charge on any atom is -0.486 e. The predicted octanol–water partition coefficient (Wildman–Crippen LogP) is 3.07. The van der Waals surface area contributed by atoms with Crippen LogP contribution >= 0.6 is 23.1 Å². The Bertz CT molecular complexity index is 780. The van der Waals surface area contributed by atoms with E-state index in [9.17, 15) is 4.79 Å². The fourth-order valence-corrected chi connectivity index (χ4v) is 4.92. The number of likely N-dealkylation sites (tertiary alicyclic amines) is 1. The summed E-state index contributed by atoms with van der Waals surface area (Å²) in [5.74, 6) is 2.11.